The molecule has 3 atom stereocenters. The fourth-order valence-corrected chi connectivity index (χ4v) is 3.72. The second-order valence-corrected chi connectivity index (χ2v) is 6.09. The lowest BCUT2D eigenvalue weighted by molar-refractivity contribution is -0.0923. The average molecular weight is 239 g/mol. The highest BCUT2D eigenvalue weighted by atomic mass is 32.1. The van der Waals surface area contributed by atoms with Crippen LogP contribution >= 0.6 is 11.5 Å². The van der Waals surface area contributed by atoms with Gasteiger partial charge in [0.1, 0.15) is 5.82 Å². The maximum Gasteiger partial charge on any atom is 0.202 e. The molecule has 4 nitrogen and oxygen atoms in total. The topological polar surface area (TPSA) is 47.0 Å². The van der Waals surface area contributed by atoms with Gasteiger partial charge in [0.15, 0.2) is 0 Å². The quantitative estimate of drug-likeness (QED) is 0.858. The van der Waals surface area contributed by atoms with Crippen molar-refractivity contribution in [3.8, 4) is 0 Å². The van der Waals surface area contributed by atoms with Crippen LogP contribution in [0, 0.1) is 18.3 Å². The lowest BCUT2D eigenvalue weighted by Gasteiger charge is -2.54. The van der Waals surface area contributed by atoms with Crippen molar-refractivity contribution < 1.29 is 4.74 Å². The van der Waals surface area contributed by atoms with Crippen LogP contribution < -0.4 is 5.32 Å². The van der Waals surface area contributed by atoms with Gasteiger partial charge >= 0.3 is 0 Å². The van der Waals surface area contributed by atoms with Crippen LogP contribution in [0.5, 0.6) is 0 Å². The monoisotopic (exact) mass is 239 g/mol. The van der Waals surface area contributed by atoms with Gasteiger partial charge in [-0.1, -0.05) is 13.8 Å². The maximum atomic E-state index is 5.77. The minimum absolute atomic E-state index is 0.209. The molecule has 1 aliphatic heterocycles. The van der Waals surface area contributed by atoms with Gasteiger partial charge in [-0.15, -0.1) is 0 Å². The van der Waals surface area contributed by atoms with Crippen molar-refractivity contribution in [1.29, 1.82) is 0 Å². The van der Waals surface area contributed by atoms with E-state index in [-0.39, 0.29) is 5.41 Å². The molecule has 0 spiro atoms. The van der Waals surface area contributed by atoms with Gasteiger partial charge in [-0.2, -0.15) is 4.37 Å². The van der Waals surface area contributed by atoms with E-state index in [1.807, 2.05) is 6.92 Å². The molecule has 1 saturated carbocycles. The van der Waals surface area contributed by atoms with Crippen LogP contribution in [0.15, 0.2) is 0 Å². The first kappa shape index (κ1) is 10.5. The molecule has 2 fully saturated rings. The zero-order valence-corrected chi connectivity index (χ0v) is 10.7. The first-order chi connectivity index (χ1) is 7.59. The zero-order valence-electron chi connectivity index (χ0n) is 9.86. The highest BCUT2D eigenvalue weighted by Crippen LogP contribution is 2.53. The van der Waals surface area contributed by atoms with E-state index in [0.29, 0.717) is 18.1 Å². The number of hydrogen-bond donors (Lipinski definition) is 1. The number of rotatable bonds is 2. The molecule has 3 unspecified atom stereocenters. The number of anilines is 1. The van der Waals surface area contributed by atoms with Crippen molar-refractivity contribution in [2.24, 2.45) is 11.3 Å². The molecule has 1 aromatic heterocycles. The molecule has 0 amide bonds. The van der Waals surface area contributed by atoms with Gasteiger partial charge in [0, 0.05) is 35.5 Å². The normalized spacial score (nSPS) is 35.6. The summed E-state index contributed by atoms with van der Waals surface area (Å²) in [4.78, 5) is 4.37. The fourth-order valence-electron chi connectivity index (χ4n) is 3.11. The summed E-state index contributed by atoms with van der Waals surface area (Å²) in [6.07, 6.45) is 1.60. The van der Waals surface area contributed by atoms with E-state index in [2.05, 4.69) is 28.5 Å². The summed E-state index contributed by atoms with van der Waals surface area (Å²) in [6, 6.07) is 0.479. The predicted molar refractivity (Wildman–Crippen MR) is 63.7 cm³/mol. The van der Waals surface area contributed by atoms with Crippen LogP contribution in [0.4, 0.5) is 5.13 Å². The third kappa shape index (κ3) is 1.38. The molecule has 1 saturated heterocycles. The van der Waals surface area contributed by atoms with Crippen LogP contribution in [0.25, 0.3) is 0 Å². The Morgan fingerprint density at radius 2 is 2.31 bits per heavy atom. The van der Waals surface area contributed by atoms with E-state index in [1.54, 1.807) is 0 Å². The standard InChI is InChI=1S/C11H17N3OS/c1-6-12-10(16-14-6)13-8-7-4-5-15-9(7)11(8,2)3/h7-9H,4-5H2,1-3H3,(H,12,13,14). The summed E-state index contributed by atoms with van der Waals surface area (Å²) in [5.41, 5.74) is 0.209. The van der Waals surface area contributed by atoms with Crippen molar-refractivity contribution in [3.05, 3.63) is 5.82 Å². The van der Waals surface area contributed by atoms with Gasteiger partial charge in [-0.3, -0.25) is 0 Å². The third-order valence-corrected chi connectivity index (χ3v) is 4.64. The number of hydrogen-bond acceptors (Lipinski definition) is 5. The number of fused-ring (bicyclic) bond motifs is 1. The molecular formula is C11H17N3OS. The Kier molecular flexibility index (Phi) is 2.23. The Hall–Kier alpha value is -0.680. The van der Waals surface area contributed by atoms with Crippen LogP contribution in [-0.4, -0.2) is 28.1 Å². The van der Waals surface area contributed by atoms with Gasteiger partial charge < -0.3 is 10.1 Å². The summed E-state index contributed by atoms with van der Waals surface area (Å²) in [7, 11) is 0. The molecule has 1 aromatic rings. The number of ether oxygens (including phenoxy) is 1. The molecule has 0 radical (unpaired) electrons. The summed E-state index contributed by atoms with van der Waals surface area (Å²) in [6.45, 7) is 7.37. The van der Waals surface area contributed by atoms with Crippen molar-refractivity contribution in [2.45, 2.75) is 39.3 Å². The van der Waals surface area contributed by atoms with Crippen molar-refractivity contribution in [1.82, 2.24) is 9.36 Å². The van der Waals surface area contributed by atoms with Gasteiger partial charge in [0.25, 0.3) is 0 Å². The highest BCUT2D eigenvalue weighted by molar-refractivity contribution is 7.09. The average Bonchev–Trinajstić information content (AvgIpc) is 2.81. The van der Waals surface area contributed by atoms with E-state index < -0.39 is 0 Å². The first-order valence-corrected chi connectivity index (χ1v) is 6.55. The first-order valence-electron chi connectivity index (χ1n) is 5.77. The van der Waals surface area contributed by atoms with Gasteiger partial charge in [-0.25, -0.2) is 4.98 Å². The summed E-state index contributed by atoms with van der Waals surface area (Å²) < 4.78 is 9.97. The summed E-state index contributed by atoms with van der Waals surface area (Å²) in [5, 5.41) is 4.47. The van der Waals surface area contributed by atoms with E-state index in [0.717, 1.165) is 17.6 Å². The second-order valence-electron chi connectivity index (χ2n) is 5.33. The summed E-state index contributed by atoms with van der Waals surface area (Å²) in [5.74, 6) is 1.50. The predicted octanol–water partition coefficient (Wildman–Crippen LogP) is 2.07. The number of nitrogens with zero attached hydrogens (tertiary/aromatic N) is 2. The minimum Gasteiger partial charge on any atom is -0.377 e. The van der Waals surface area contributed by atoms with Gasteiger partial charge in [-0.05, 0) is 13.3 Å². The van der Waals surface area contributed by atoms with Gasteiger partial charge in [0.05, 0.1) is 6.10 Å². The smallest absolute Gasteiger partial charge is 0.202 e. The Balaban J connectivity index is 1.75. The largest absolute Gasteiger partial charge is 0.377 e. The highest BCUT2D eigenvalue weighted by Gasteiger charge is 2.59. The molecule has 1 aliphatic carbocycles. The van der Waals surface area contributed by atoms with E-state index >= 15 is 0 Å². The molecule has 2 heterocycles. The molecule has 0 bridgehead atoms. The SMILES string of the molecule is Cc1nsc(NC2C3CCOC3C2(C)C)n1. The van der Waals surface area contributed by atoms with Gasteiger partial charge in [0.2, 0.25) is 5.13 Å². The number of aryl methyl sites for hydroxylation is 1. The van der Waals surface area contributed by atoms with Crippen LogP contribution in [0.2, 0.25) is 0 Å². The van der Waals surface area contributed by atoms with Crippen molar-refractivity contribution in [2.75, 3.05) is 11.9 Å². The molecule has 3 rings (SSSR count). The maximum absolute atomic E-state index is 5.77. The molecule has 88 valence electrons. The zero-order chi connectivity index (χ0) is 11.3. The van der Waals surface area contributed by atoms with Crippen molar-refractivity contribution in [3.63, 3.8) is 0 Å². The minimum atomic E-state index is 0.209. The molecule has 1 N–H and O–H groups in total. The van der Waals surface area contributed by atoms with Crippen LogP contribution in [0.3, 0.4) is 0 Å². The molecule has 16 heavy (non-hydrogen) atoms. The van der Waals surface area contributed by atoms with Crippen LogP contribution in [0.1, 0.15) is 26.1 Å². The Morgan fingerprint density at radius 3 is 3.00 bits per heavy atom. The van der Waals surface area contributed by atoms with Crippen molar-refractivity contribution >= 4 is 16.7 Å². The number of aromatic nitrogens is 2. The van der Waals surface area contributed by atoms with E-state index in [4.69, 9.17) is 4.74 Å². The molecule has 5 heteroatoms. The Bertz CT molecular complexity index is 404. The fraction of sp³-hybridized carbons (Fsp3) is 0.818. The van der Waals surface area contributed by atoms with E-state index in [9.17, 15) is 0 Å². The van der Waals surface area contributed by atoms with E-state index in [1.165, 1.54) is 18.0 Å². The summed E-state index contributed by atoms with van der Waals surface area (Å²) >= 11 is 1.45. The lowest BCUT2D eigenvalue weighted by Crippen LogP contribution is -2.63. The van der Waals surface area contributed by atoms with Crippen LogP contribution in [-0.2, 0) is 4.74 Å². The third-order valence-electron chi connectivity index (χ3n) is 3.91. The second kappa shape index (κ2) is 3.40. The molecule has 2 aliphatic rings. The number of nitrogens with one attached hydrogen (secondary N) is 1. The molecular weight excluding hydrogens is 222 g/mol. The Morgan fingerprint density at radius 1 is 1.50 bits per heavy atom. The molecule has 0 aromatic carbocycles. The Labute approximate surface area is 99.6 Å². The lowest BCUT2D eigenvalue weighted by atomic mass is 9.57.